The van der Waals surface area contributed by atoms with Crippen molar-refractivity contribution < 1.29 is 49.0 Å². The van der Waals surface area contributed by atoms with E-state index in [9.17, 15) is 44.3 Å². The number of carbonyl (C=O) groups excluding carboxylic acids is 1. The molecular weight excluding hydrogens is 1190 g/mol. The van der Waals surface area contributed by atoms with Crippen molar-refractivity contribution in [2.45, 2.75) is 130 Å². The van der Waals surface area contributed by atoms with Crippen LogP contribution in [-0.4, -0.2) is 83.9 Å². The summed E-state index contributed by atoms with van der Waals surface area (Å²) in [6, 6.07) is 21.6. The maximum absolute atomic E-state index is 13.8. The second kappa shape index (κ2) is 25.9. The number of fused-ring (bicyclic) bond motifs is 2. The Balaban J connectivity index is 0.000000186. The molecule has 0 aliphatic heterocycles. The van der Waals surface area contributed by atoms with E-state index in [-0.39, 0.29) is 49.1 Å². The van der Waals surface area contributed by atoms with Crippen LogP contribution in [-0.2, 0) is 60.8 Å². The molecule has 470 valence electrons. The smallest absolute Gasteiger partial charge is 0.416 e. The minimum Gasteiger partial charge on any atom is -0.465 e. The lowest BCUT2D eigenvalue weighted by atomic mass is 10.0. The number of aryl methyl sites for hydroxylation is 3. The van der Waals surface area contributed by atoms with E-state index in [2.05, 4.69) is 65.3 Å². The Morgan fingerprint density at radius 1 is 0.562 bits per heavy atom. The molecule has 12 rings (SSSR count). The van der Waals surface area contributed by atoms with Crippen LogP contribution in [0.1, 0.15) is 114 Å². The minimum atomic E-state index is -5.01. The Kier molecular flexibility index (Phi) is 18.3. The first-order valence-corrected chi connectivity index (χ1v) is 30.3. The van der Waals surface area contributed by atoms with Crippen LogP contribution < -0.4 is 19.6 Å². The molecule has 0 spiro atoms. The van der Waals surface area contributed by atoms with Crippen LogP contribution in [0.4, 0.5) is 63.0 Å². The molecule has 0 unspecified atom stereocenters. The molecule has 4 aromatic heterocycles. The summed E-state index contributed by atoms with van der Waals surface area (Å²) in [7, 11) is 0. The molecule has 4 heterocycles. The van der Waals surface area contributed by atoms with Crippen LogP contribution in [0, 0.1) is 44.4 Å². The lowest BCUT2D eigenvalue weighted by molar-refractivity contribution is -0.145. The number of halogens is 10. The standard InChI is InChI=1S/C33H35F6N7O2.C31H32ClF3N6/c1-3-48-28(47)19-46-42-31(41-43-46)45(17-23-11-26(32(34,35)36)14-27(12-23)33(37,38)39)18-25-13-24-6-4-5-20(2)29(24)40-30(25)44(15-21-7-8-21)16-22-9-10-22;1-19-10-23(12-26(11-19)31(33,34)35)16-41(30-37-18-36-29(32)39-30)17-25-13-24-5-3-4-20(2)27(24)38-28(25)40(14-21-6-7-21)15-22-8-9-22/h4-6,11-14,21-22H,3,7-10,15-19H2,1-2H3;3-5,10-13,18,21-22H,6-9,14-17H2,1-2H3. The molecule has 4 aromatic carbocycles. The van der Waals surface area contributed by atoms with Crippen LogP contribution in [0.25, 0.3) is 21.8 Å². The van der Waals surface area contributed by atoms with Crippen molar-refractivity contribution in [2.75, 3.05) is 52.4 Å². The zero-order valence-corrected chi connectivity index (χ0v) is 50.4. The second-order valence-electron chi connectivity index (χ2n) is 24.1. The molecule has 4 aliphatic rings. The molecule has 0 N–H and O–H groups in total. The normalized spacial score (nSPS) is 15.3. The first-order chi connectivity index (χ1) is 42.4. The maximum atomic E-state index is 13.8. The summed E-state index contributed by atoms with van der Waals surface area (Å²) in [6.45, 7) is 10.7. The van der Waals surface area contributed by atoms with Crippen LogP contribution in [0.2, 0.25) is 5.28 Å². The fourth-order valence-electron chi connectivity index (χ4n) is 11.1. The maximum Gasteiger partial charge on any atom is 0.416 e. The van der Waals surface area contributed by atoms with Crippen LogP contribution in [0.15, 0.2) is 91.3 Å². The quantitative estimate of drug-likeness (QED) is 0.0442. The van der Waals surface area contributed by atoms with Crippen molar-refractivity contribution in [3.63, 3.8) is 0 Å². The molecule has 89 heavy (non-hydrogen) atoms. The molecule has 0 bridgehead atoms. The first-order valence-electron chi connectivity index (χ1n) is 29.9. The molecule has 4 aliphatic carbocycles. The Bertz CT molecular complexity index is 3790. The Morgan fingerprint density at radius 2 is 1.01 bits per heavy atom. The molecule has 0 amide bonds. The third kappa shape index (κ3) is 16.5. The number of alkyl halides is 9. The van der Waals surface area contributed by atoms with Gasteiger partial charge >= 0.3 is 24.5 Å². The number of rotatable bonds is 23. The Morgan fingerprint density at radius 3 is 1.45 bits per heavy atom. The highest BCUT2D eigenvalue weighted by Gasteiger charge is 2.39. The lowest BCUT2D eigenvalue weighted by Gasteiger charge is -2.30. The molecule has 0 atom stereocenters. The van der Waals surface area contributed by atoms with Crippen molar-refractivity contribution in [1.82, 2.24) is 45.1 Å². The number of tetrazole rings is 1. The zero-order chi connectivity index (χ0) is 62.9. The minimum absolute atomic E-state index is 0.0131. The monoisotopic (exact) mass is 1260 g/mol. The fourth-order valence-corrected chi connectivity index (χ4v) is 11.3. The summed E-state index contributed by atoms with van der Waals surface area (Å²) in [4.78, 5) is 44.1. The third-order valence-corrected chi connectivity index (χ3v) is 16.4. The summed E-state index contributed by atoms with van der Waals surface area (Å²) in [5.74, 6) is 3.60. The van der Waals surface area contributed by atoms with Crippen LogP contribution >= 0.6 is 11.6 Å². The molecule has 4 fully saturated rings. The summed E-state index contributed by atoms with van der Waals surface area (Å²) < 4.78 is 129. The van der Waals surface area contributed by atoms with Gasteiger partial charge in [-0.05, 0) is 184 Å². The van der Waals surface area contributed by atoms with E-state index < -0.39 is 47.7 Å². The number of hydrogen-bond donors (Lipinski definition) is 0. The van der Waals surface area contributed by atoms with Gasteiger partial charge in [0.25, 0.3) is 5.95 Å². The van der Waals surface area contributed by atoms with E-state index in [1.165, 1.54) is 43.0 Å². The highest BCUT2D eigenvalue weighted by atomic mass is 35.5. The molecule has 4 saturated carbocycles. The molecular formula is C64H67ClF9N13O2. The van der Waals surface area contributed by atoms with E-state index in [0.717, 1.165) is 107 Å². The van der Waals surface area contributed by atoms with Gasteiger partial charge in [-0.25, -0.2) is 24.7 Å². The number of aromatic nitrogens is 9. The van der Waals surface area contributed by atoms with E-state index in [4.69, 9.17) is 26.3 Å². The van der Waals surface area contributed by atoms with Gasteiger partial charge in [0.05, 0.1) is 34.3 Å². The average Bonchev–Trinajstić information content (AvgIpc) is 1.92. The number of hydrogen-bond acceptors (Lipinski definition) is 14. The van der Waals surface area contributed by atoms with Gasteiger partial charge < -0.3 is 24.3 Å². The van der Waals surface area contributed by atoms with Gasteiger partial charge in [-0.3, -0.25) is 0 Å². The predicted octanol–water partition coefficient (Wildman–Crippen LogP) is 14.5. The van der Waals surface area contributed by atoms with Gasteiger partial charge in [0.1, 0.15) is 18.0 Å². The van der Waals surface area contributed by atoms with E-state index in [1.807, 2.05) is 42.2 Å². The molecule has 0 radical (unpaired) electrons. The number of anilines is 4. The number of benzene rings is 4. The number of para-hydroxylation sites is 2. The van der Waals surface area contributed by atoms with Crippen molar-refractivity contribution >= 4 is 62.9 Å². The number of ether oxygens (including phenoxy) is 1. The number of pyridine rings is 2. The van der Waals surface area contributed by atoms with Gasteiger partial charge in [-0.15, -0.1) is 5.10 Å². The predicted molar refractivity (Wildman–Crippen MR) is 320 cm³/mol. The van der Waals surface area contributed by atoms with E-state index >= 15 is 0 Å². The Labute approximate surface area is 513 Å². The largest absolute Gasteiger partial charge is 0.465 e. The summed E-state index contributed by atoms with van der Waals surface area (Å²) in [6.07, 6.45) is -3.78. The van der Waals surface area contributed by atoms with Crippen molar-refractivity contribution in [3.8, 4) is 0 Å². The van der Waals surface area contributed by atoms with Crippen LogP contribution in [0.3, 0.4) is 0 Å². The SMILES string of the molecule is CCOC(=O)Cn1nnc(N(Cc2cc(C(F)(F)F)cc(C(F)(F)F)c2)Cc2cc3cccc(C)c3nc2N(CC2CC2)CC2CC2)n1.Cc1cc(CN(Cc2cc3cccc(C)c3nc2N(CC2CC2)CC2CC2)c2ncnc(Cl)n2)cc(C(F)(F)F)c1. The number of nitrogens with zero attached hydrogens (tertiary/aromatic N) is 13. The highest BCUT2D eigenvalue weighted by Crippen LogP contribution is 2.42. The molecule has 8 aromatic rings. The highest BCUT2D eigenvalue weighted by molar-refractivity contribution is 6.28. The van der Waals surface area contributed by atoms with Crippen LogP contribution in [0.5, 0.6) is 0 Å². The van der Waals surface area contributed by atoms with Crippen molar-refractivity contribution in [2.24, 2.45) is 23.7 Å². The van der Waals surface area contributed by atoms with Gasteiger partial charge in [0.15, 0.2) is 6.54 Å². The molecule has 0 saturated heterocycles. The summed E-state index contributed by atoms with van der Waals surface area (Å²) in [5.41, 5.74) is 2.81. The molecule has 15 nitrogen and oxygen atoms in total. The topological polar surface area (TPSA) is 147 Å². The third-order valence-electron chi connectivity index (χ3n) is 16.2. The van der Waals surface area contributed by atoms with Gasteiger partial charge in [-0.1, -0.05) is 53.1 Å². The Hall–Kier alpha value is -7.89. The van der Waals surface area contributed by atoms with Gasteiger partial charge in [-0.2, -0.15) is 49.3 Å². The van der Waals surface area contributed by atoms with Crippen molar-refractivity contribution in [3.05, 3.63) is 152 Å². The average molecular weight is 1260 g/mol. The van der Waals surface area contributed by atoms with E-state index in [0.29, 0.717) is 70.8 Å². The van der Waals surface area contributed by atoms with Crippen molar-refractivity contribution in [1.29, 1.82) is 0 Å². The van der Waals surface area contributed by atoms with Gasteiger partial charge in [0.2, 0.25) is 11.2 Å². The first kappa shape index (κ1) is 62.7. The van der Waals surface area contributed by atoms with E-state index in [1.54, 1.807) is 19.9 Å². The number of carbonyl (C=O) groups is 1. The number of esters is 1. The van der Waals surface area contributed by atoms with Gasteiger partial charge in [0, 0.05) is 74.3 Å². The summed E-state index contributed by atoms with van der Waals surface area (Å²) in [5, 5.41) is 14.1. The fraction of sp³-hybridized carbons (Fsp3) is 0.453. The zero-order valence-electron chi connectivity index (χ0n) is 49.6. The lowest BCUT2D eigenvalue weighted by Crippen LogP contribution is -2.32. The molecule has 25 heteroatoms. The summed E-state index contributed by atoms with van der Waals surface area (Å²) >= 11 is 6.15. The second-order valence-corrected chi connectivity index (χ2v) is 24.5.